The molecule has 0 aliphatic heterocycles. The van der Waals surface area contributed by atoms with Crippen molar-refractivity contribution in [3.63, 3.8) is 0 Å². The number of anilines is 1. The molecule has 2 aromatic rings. The fourth-order valence-electron chi connectivity index (χ4n) is 2.39. The van der Waals surface area contributed by atoms with Crippen molar-refractivity contribution in [2.24, 2.45) is 0 Å². The molecular weight excluding hydrogens is 330 g/mol. The molecule has 0 heterocycles. The molecule has 0 saturated carbocycles. The van der Waals surface area contributed by atoms with E-state index in [0.29, 0.717) is 18.0 Å². The minimum atomic E-state index is -0.809. The molecule has 2 aromatic carbocycles. The highest BCUT2D eigenvalue weighted by Gasteiger charge is 2.14. The number of hydrogen-bond acceptors (Lipinski definition) is 4. The highest BCUT2D eigenvalue weighted by atomic mass is 19.1. The molecule has 0 aromatic heterocycles. The van der Waals surface area contributed by atoms with Gasteiger partial charge in [0.05, 0.1) is 20.8 Å². The summed E-state index contributed by atoms with van der Waals surface area (Å²) in [5, 5.41) is 2.26. The second-order valence-corrected chi connectivity index (χ2v) is 5.51. The van der Waals surface area contributed by atoms with Gasteiger partial charge in [-0.2, -0.15) is 0 Å². The molecule has 25 heavy (non-hydrogen) atoms. The van der Waals surface area contributed by atoms with Gasteiger partial charge in [-0.1, -0.05) is 12.1 Å². The molecule has 7 heteroatoms. The maximum Gasteiger partial charge on any atom is 0.238 e. The summed E-state index contributed by atoms with van der Waals surface area (Å²) in [6.45, 7) is 0.426. The summed E-state index contributed by atoms with van der Waals surface area (Å²) in [5.74, 6) is -0.924. The first kappa shape index (κ1) is 18.7. The van der Waals surface area contributed by atoms with Crippen molar-refractivity contribution in [3.05, 3.63) is 53.6 Å². The van der Waals surface area contributed by atoms with Crippen LogP contribution in [0.5, 0.6) is 11.5 Å². The summed E-state index contributed by atoms with van der Waals surface area (Å²) < 4.78 is 37.5. The van der Waals surface area contributed by atoms with E-state index in [0.717, 1.165) is 17.7 Å². The van der Waals surface area contributed by atoms with Crippen LogP contribution in [0, 0.1) is 11.6 Å². The molecule has 0 aliphatic rings. The average Bonchev–Trinajstić information content (AvgIpc) is 2.58. The molecule has 0 fully saturated rings. The van der Waals surface area contributed by atoms with Crippen molar-refractivity contribution in [3.8, 4) is 11.5 Å². The normalized spacial score (nSPS) is 10.6. The maximum absolute atomic E-state index is 13.6. The van der Waals surface area contributed by atoms with Crippen LogP contribution < -0.4 is 14.8 Å². The number of carbonyl (C=O) groups excluding carboxylic acids is 1. The zero-order valence-corrected chi connectivity index (χ0v) is 14.3. The highest BCUT2D eigenvalue weighted by Crippen LogP contribution is 2.27. The number of amides is 1. The first-order valence-electron chi connectivity index (χ1n) is 7.58. The molecule has 0 saturated heterocycles. The summed E-state index contributed by atoms with van der Waals surface area (Å²) in [5.41, 5.74) is 0.469. The SMILES string of the molecule is COc1ccc(CN(C)CC(=O)Nc2c(F)cccc2F)cc1OC. The van der Waals surface area contributed by atoms with Crippen LogP contribution in [0.3, 0.4) is 0 Å². The predicted octanol–water partition coefficient (Wildman–Crippen LogP) is 3.05. The highest BCUT2D eigenvalue weighted by molar-refractivity contribution is 5.92. The minimum Gasteiger partial charge on any atom is -0.493 e. The third-order valence-corrected chi connectivity index (χ3v) is 3.54. The third kappa shape index (κ3) is 4.90. The smallest absolute Gasteiger partial charge is 0.238 e. The van der Waals surface area contributed by atoms with Crippen LogP contribution >= 0.6 is 0 Å². The Balaban J connectivity index is 1.98. The van der Waals surface area contributed by atoms with Gasteiger partial charge in [-0.25, -0.2) is 8.78 Å². The van der Waals surface area contributed by atoms with E-state index in [1.165, 1.54) is 6.07 Å². The fourth-order valence-corrected chi connectivity index (χ4v) is 2.39. The van der Waals surface area contributed by atoms with Gasteiger partial charge < -0.3 is 14.8 Å². The lowest BCUT2D eigenvalue weighted by molar-refractivity contribution is -0.117. The summed E-state index contributed by atoms with van der Waals surface area (Å²) in [7, 11) is 4.82. The molecule has 0 bridgehead atoms. The topological polar surface area (TPSA) is 50.8 Å². The number of methoxy groups -OCH3 is 2. The van der Waals surface area contributed by atoms with Crippen LogP contribution in [0.1, 0.15) is 5.56 Å². The van der Waals surface area contributed by atoms with Crippen molar-refractivity contribution in [1.82, 2.24) is 4.90 Å². The standard InChI is InChI=1S/C18H20F2N2O3/c1-22(10-12-7-8-15(24-2)16(9-12)25-3)11-17(23)21-18-13(19)5-4-6-14(18)20/h4-9H,10-11H2,1-3H3,(H,21,23). The monoisotopic (exact) mass is 350 g/mol. The Morgan fingerprint density at radius 3 is 2.32 bits per heavy atom. The number of ether oxygens (including phenoxy) is 2. The van der Waals surface area contributed by atoms with Crippen molar-refractivity contribution >= 4 is 11.6 Å². The lowest BCUT2D eigenvalue weighted by Gasteiger charge is -2.17. The number of hydrogen-bond donors (Lipinski definition) is 1. The Hall–Kier alpha value is -2.67. The molecule has 2 rings (SSSR count). The minimum absolute atomic E-state index is 0.0257. The van der Waals surface area contributed by atoms with E-state index in [4.69, 9.17) is 9.47 Å². The average molecular weight is 350 g/mol. The third-order valence-electron chi connectivity index (χ3n) is 3.54. The Bertz CT molecular complexity index is 733. The molecular formula is C18H20F2N2O3. The van der Waals surface area contributed by atoms with Crippen LogP contribution in [-0.4, -0.2) is 38.6 Å². The number of carbonyl (C=O) groups is 1. The Labute approximate surface area is 145 Å². The van der Waals surface area contributed by atoms with Gasteiger partial charge in [0.1, 0.15) is 17.3 Å². The van der Waals surface area contributed by atoms with Crippen molar-refractivity contribution < 1.29 is 23.0 Å². The second-order valence-electron chi connectivity index (χ2n) is 5.51. The summed E-state index contributed by atoms with van der Waals surface area (Å²) in [4.78, 5) is 13.7. The molecule has 1 amide bonds. The van der Waals surface area contributed by atoms with Gasteiger partial charge in [0.15, 0.2) is 11.5 Å². The van der Waals surface area contributed by atoms with E-state index in [9.17, 15) is 13.6 Å². The van der Waals surface area contributed by atoms with Gasteiger partial charge in [-0.3, -0.25) is 9.69 Å². The molecule has 0 unspecified atom stereocenters. The van der Waals surface area contributed by atoms with Gasteiger partial charge in [-0.05, 0) is 36.9 Å². The van der Waals surface area contributed by atoms with Crippen molar-refractivity contribution in [2.45, 2.75) is 6.54 Å². The molecule has 0 aliphatic carbocycles. The zero-order valence-electron chi connectivity index (χ0n) is 14.3. The molecule has 134 valence electrons. The predicted molar refractivity (Wildman–Crippen MR) is 90.9 cm³/mol. The van der Waals surface area contributed by atoms with E-state index in [1.54, 1.807) is 32.2 Å². The van der Waals surface area contributed by atoms with Gasteiger partial charge >= 0.3 is 0 Å². The number of benzene rings is 2. The Morgan fingerprint density at radius 1 is 1.08 bits per heavy atom. The van der Waals surface area contributed by atoms with Crippen molar-refractivity contribution in [2.75, 3.05) is 33.1 Å². The molecule has 0 atom stereocenters. The number of nitrogens with one attached hydrogen (secondary N) is 1. The summed E-state index contributed by atoms with van der Waals surface area (Å²) in [6, 6.07) is 8.86. The molecule has 1 N–H and O–H groups in total. The van der Waals surface area contributed by atoms with Crippen molar-refractivity contribution in [1.29, 1.82) is 0 Å². The largest absolute Gasteiger partial charge is 0.493 e. The van der Waals surface area contributed by atoms with E-state index in [-0.39, 0.29) is 6.54 Å². The van der Waals surface area contributed by atoms with E-state index in [2.05, 4.69) is 5.32 Å². The number of likely N-dealkylation sites (N-methyl/N-ethyl adjacent to an activating group) is 1. The van der Waals surface area contributed by atoms with Gasteiger partial charge in [0.25, 0.3) is 0 Å². The van der Waals surface area contributed by atoms with Crippen LogP contribution in [0.25, 0.3) is 0 Å². The lowest BCUT2D eigenvalue weighted by atomic mass is 10.2. The van der Waals surface area contributed by atoms with E-state index >= 15 is 0 Å². The number of halogens is 2. The Morgan fingerprint density at radius 2 is 1.72 bits per heavy atom. The second kappa shape index (κ2) is 8.43. The van der Waals surface area contributed by atoms with Crippen LogP contribution in [0.15, 0.2) is 36.4 Å². The maximum atomic E-state index is 13.6. The van der Waals surface area contributed by atoms with Gasteiger partial charge in [0.2, 0.25) is 5.91 Å². The molecule has 0 spiro atoms. The first-order chi connectivity index (χ1) is 11.9. The first-order valence-corrected chi connectivity index (χ1v) is 7.58. The zero-order chi connectivity index (χ0) is 18.4. The van der Waals surface area contributed by atoms with E-state index < -0.39 is 23.2 Å². The number of rotatable bonds is 7. The number of para-hydroxylation sites is 1. The summed E-state index contributed by atoms with van der Waals surface area (Å²) >= 11 is 0. The molecule has 0 radical (unpaired) electrons. The quantitative estimate of drug-likeness (QED) is 0.834. The fraction of sp³-hybridized carbons (Fsp3) is 0.278. The summed E-state index contributed by atoms with van der Waals surface area (Å²) in [6.07, 6.45) is 0. The van der Waals surface area contributed by atoms with Crippen LogP contribution in [0.2, 0.25) is 0 Å². The lowest BCUT2D eigenvalue weighted by Crippen LogP contribution is -2.30. The van der Waals surface area contributed by atoms with Gasteiger partial charge in [-0.15, -0.1) is 0 Å². The van der Waals surface area contributed by atoms with Crippen LogP contribution in [-0.2, 0) is 11.3 Å². The van der Waals surface area contributed by atoms with E-state index in [1.807, 2.05) is 12.1 Å². The van der Waals surface area contributed by atoms with Gasteiger partial charge in [0, 0.05) is 6.54 Å². The molecule has 5 nitrogen and oxygen atoms in total. The van der Waals surface area contributed by atoms with Crippen LogP contribution in [0.4, 0.5) is 14.5 Å². The number of nitrogens with zero attached hydrogens (tertiary/aromatic N) is 1. The Kier molecular flexibility index (Phi) is 6.30.